The van der Waals surface area contributed by atoms with Crippen LogP contribution in [-0.4, -0.2) is 34.5 Å². The second kappa shape index (κ2) is 4.46. The van der Waals surface area contributed by atoms with E-state index in [-0.39, 0.29) is 6.10 Å². The average molecular weight is 243 g/mol. The first-order chi connectivity index (χ1) is 8.74. The van der Waals surface area contributed by atoms with Gasteiger partial charge in [-0.15, -0.1) is 0 Å². The van der Waals surface area contributed by atoms with Crippen LogP contribution in [0, 0.1) is 6.92 Å². The highest BCUT2D eigenvalue weighted by Gasteiger charge is 2.20. The first-order valence-electron chi connectivity index (χ1n) is 6.27. The van der Waals surface area contributed by atoms with Crippen LogP contribution in [0.3, 0.4) is 0 Å². The highest BCUT2D eigenvalue weighted by molar-refractivity contribution is 5.67. The van der Waals surface area contributed by atoms with Gasteiger partial charge >= 0.3 is 0 Å². The number of rotatable bonds is 2. The van der Waals surface area contributed by atoms with E-state index < -0.39 is 0 Å². The standard InChI is InChI=1S/C14H17N3O/c1-10-8-15-16-14(10)11-3-2-4-12(7-11)17-6-5-13(18)9-17/h2-4,7-8,13,18H,5-6,9H2,1H3,(H,15,16). The second-order valence-electron chi connectivity index (χ2n) is 4.87. The van der Waals surface area contributed by atoms with Gasteiger partial charge in [-0.2, -0.15) is 5.10 Å². The molecule has 0 bridgehead atoms. The van der Waals surface area contributed by atoms with Gasteiger partial charge in [0.1, 0.15) is 0 Å². The first-order valence-corrected chi connectivity index (χ1v) is 6.27. The van der Waals surface area contributed by atoms with E-state index in [1.807, 2.05) is 13.1 Å². The minimum absolute atomic E-state index is 0.192. The van der Waals surface area contributed by atoms with E-state index in [0.29, 0.717) is 0 Å². The van der Waals surface area contributed by atoms with E-state index >= 15 is 0 Å². The number of aliphatic hydroxyl groups is 1. The molecule has 1 aliphatic heterocycles. The summed E-state index contributed by atoms with van der Waals surface area (Å²) in [5.74, 6) is 0. The summed E-state index contributed by atoms with van der Waals surface area (Å²) >= 11 is 0. The second-order valence-corrected chi connectivity index (χ2v) is 4.87. The van der Waals surface area contributed by atoms with Gasteiger partial charge < -0.3 is 10.0 Å². The Morgan fingerprint density at radius 1 is 1.44 bits per heavy atom. The lowest BCUT2D eigenvalue weighted by molar-refractivity contribution is 0.198. The molecule has 2 aromatic rings. The molecule has 1 aromatic heterocycles. The maximum absolute atomic E-state index is 9.60. The van der Waals surface area contributed by atoms with E-state index in [1.165, 1.54) is 0 Å². The molecule has 1 aromatic carbocycles. The van der Waals surface area contributed by atoms with E-state index in [1.54, 1.807) is 0 Å². The molecule has 1 saturated heterocycles. The Morgan fingerprint density at radius 2 is 2.33 bits per heavy atom. The minimum Gasteiger partial charge on any atom is -0.391 e. The van der Waals surface area contributed by atoms with Crippen molar-refractivity contribution in [2.75, 3.05) is 18.0 Å². The number of aromatic nitrogens is 2. The molecule has 0 spiro atoms. The molecular weight excluding hydrogens is 226 g/mol. The van der Waals surface area contributed by atoms with Gasteiger partial charge in [0.15, 0.2) is 0 Å². The smallest absolute Gasteiger partial charge is 0.0731 e. The van der Waals surface area contributed by atoms with Gasteiger partial charge in [0, 0.05) is 24.3 Å². The highest BCUT2D eigenvalue weighted by atomic mass is 16.3. The third kappa shape index (κ3) is 1.99. The zero-order chi connectivity index (χ0) is 12.5. The molecule has 2 heterocycles. The van der Waals surface area contributed by atoms with Gasteiger partial charge in [0.05, 0.1) is 18.0 Å². The molecular formula is C14H17N3O. The summed E-state index contributed by atoms with van der Waals surface area (Å²) in [6.45, 7) is 3.70. The summed E-state index contributed by atoms with van der Waals surface area (Å²) in [5.41, 5.74) is 4.52. The number of benzene rings is 1. The van der Waals surface area contributed by atoms with Crippen LogP contribution in [0.4, 0.5) is 5.69 Å². The fraction of sp³-hybridized carbons (Fsp3) is 0.357. The van der Waals surface area contributed by atoms with E-state index in [0.717, 1.165) is 42.0 Å². The molecule has 0 amide bonds. The lowest BCUT2D eigenvalue weighted by Gasteiger charge is -2.18. The molecule has 0 saturated carbocycles. The number of hydrogen-bond acceptors (Lipinski definition) is 3. The number of aryl methyl sites for hydroxylation is 1. The monoisotopic (exact) mass is 243 g/mol. The number of aliphatic hydroxyl groups excluding tert-OH is 1. The molecule has 0 radical (unpaired) electrons. The number of H-pyrrole nitrogens is 1. The topological polar surface area (TPSA) is 52.2 Å². The number of nitrogens with one attached hydrogen (secondary N) is 1. The van der Waals surface area contributed by atoms with Gasteiger partial charge in [0.25, 0.3) is 0 Å². The van der Waals surface area contributed by atoms with Crippen LogP contribution in [0.1, 0.15) is 12.0 Å². The van der Waals surface area contributed by atoms with Crippen LogP contribution in [-0.2, 0) is 0 Å². The maximum Gasteiger partial charge on any atom is 0.0731 e. The quantitative estimate of drug-likeness (QED) is 0.847. The number of anilines is 1. The van der Waals surface area contributed by atoms with Crippen molar-refractivity contribution in [3.05, 3.63) is 36.0 Å². The van der Waals surface area contributed by atoms with Gasteiger partial charge in [-0.25, -0.2) is 0 Å². The Balaban J connectivity index is 1.92. The molecule has 2 N–H and O–H groups in total. The Labute approximate surface area is 106 Å². The van der Waals surface area contributed by atoms with Crippen LogP contribution in [0.5, 0.6) is 0 Å². The van der Waals surface area contributed by atoms with Crippen molar-refractivity contribution in [1.29, 1.82) is 0 Å². The van der Waals surface area contributed by atoms with Gasteiger partial charge in [-0.3, -0.25) is 5.10 Å². The number of aromatic amines is 1. The summed E-state index contributed by atoms with van der Waals surface area (Å²) in [4.78, 5) is 2.22. The third-order valence-electron chi connectivity index (χ3n) is 3.49. The predicted octanol–water partition coefficient (Wildman–Crippen LogP) is 1.96. The molecule has 94 valence electrons. The fourth-order valence-corrected chi connectivity index (χ4v) is 2.47. The minimum atomic E-state index is -0.192. The Bertz CT molecular complexity index is 549. The van der Waals surface area contributed by atoms with Crippen LogP contribution >= 0.6 is 0 Å². The third-order valence-corrected chi connectivity index (χ3v) is 3.49. The average Bonchev–Trinajstić information content (AvgIpc) is 2.98. The summed E-state index contributed by atoms with van der Waals surface area (Å²) in [6, 6.07) is 8.37. The van der Waals surface area contributed by atoms with Crippen molar-refractivity contribution in [2.45, 2.75) is 19.4 Å². The number of nitrogens with zero attached hydrogens (tertiary/aromatic N) is 2. The van der Waals surface area contributed by atoms with Gasteiger partial charge in [-0.05, 0) is 31.0 Å². The van der Waals surface area contributed by atoms with Crippen molar-refractivity contribution in [3.8, 4) is 11.3 Å². The van der Waals surface area contributed by atoms with Crippen molar-refractivity contribution in [2.24, 2.45) is 0 Å². The predicted molar refractivity (Wildman–Crippen MR) is 71.6 cm³/mol. The normalized spacial score (nSPS) is 19.4. The highest BCUT2D eigenvalue weighted by Crippen LogP contribution is 2.27. The largest absolute Gasteiger partial charge is 0.391 e. The molecule has 1 unspecified atom stereocenters. The lowest BCUT2D eigenvalue weighted by Crippen LogP contribution is -2.20. The Hall–Kier alpha value is -1.81. The Kier molecular flexibility index (Phi) is 2.80. The van der Waals surface area contributed by atoms with Crippen LogP contribution in [0.2, 0.25) is 0 Å². The molecule has 4 nitrogen and oxygen atoms in total. The van der Waals surface area contributed by atoms with Crippen LogP contribution in [0.15, 0.2) is 30.5 Å². The van der Waals surface area contributed by atoms with Gasteiger partial charge in [0.2, 0.25) is 0 Å². The number of β-amino-alcohol motifs (C(OH)–C–C–N with tert-alkyl or cyclic N) is 1. The van der Waals surface area contributed by atoms with Crippen molar-refractivity contribution in [3.63, 3.8) is 0 Å². The first kappa shape index (κ1) is 11.3. The molecule has 3 rings (SSSR count). The van der Waals surface area contributed by atoms with E-state index in [4.69, 9.17) is 0 Å². The molecule has 18 heavy (non-hydrogen) atoms. The van der Waals surface area contributed by atoms with E-state index in [2.05, 4.69) is 39.4 Å². The molecule has 0 aliphatic carbocycles. The Morgan fingerprint density at radius 3 is 3.00 bits per heavy atom. The molecule has 4 heteroatoms. The number of hydrogen-bond donors (Lipinski definition) is 2. The fourth-order valence-electron chi connectivity index (χ4n) is 2.47. The summed E-state index contributed by atoms with van der Waals surface area (Å²) in [5, 5.41) is 16.7. The zero-order valence-corrected chi connectivity index (χ0v) is 10.4. The summed E-state index contributed by atoms with van der Waals surface area (Å²) in [7, 11) is 0. The lowest BCUT2D eigenvalue weighted by atomic mass is 10.1. The van der Waals surface area contributed by atoms with Crippen LogP contribution in [0.25, 0.3) is 11.3 Å². The van der Waals surface area contributed by atoms with Crippen molar-refractivity contribution < 1.29 is 5.11 Å². The van der Waals surface area contributed by atoms with Crippen LogP contribution < -0.4 is 4.90 Å². The SMILES string of the molecule is Cc1cn[nH]c1-c1cccc(N2CCC(O)C2)c1. The maximum atomic E-state index is 9.60. The van der Waals surface area contributed by atoms with Crippen molar-refractivity contribution in [1.82, 2.24) is 10.2 Å². The summed E-state index contributed by atoms with van der Waals surface area (Å²) < 4.78 is 0. The molecule has 1 atom stereocenters. The molecule has 1 aliphatic rings. The van der Waals surface area contributed by atoms with Gasteiger partial charge in [-0.1, -0.05) is 12.1 Å². The summed E-state index contributed by atoms with van der Waals surface area (Å²) in [6.07, 6.45) is 2.50. The zero-order valence-electron chi connectivity index (χ0n) is 10.4. The van der Waals surface area contributed by atoms with E-state index in [9.17, 15) is 5.11 Å². The molecule has 1 fully saturated rings. The van der Waals surface area contributed by atoms with Crippen molar-refractivity contribution >= 4 is 5.69 Å².